The molecule has 2 aromatic heterocycles. The van der Waals surface area contributed by atoms with Crippen molar-refractivity contribution in [2.45, 2.75) is 25.3 Å². The number of imidazole rings is 1. The van der Waals surface area contributed by atoms with Gasteiger partial charge in [0, 0.05) is 44.1 Å². The molecule has 1 aliphatic heterocycles. The van der Waals surface area contributed by atoms with Gasteiger partial charge in [-0.15, -0.1) is 0 Å². The Morgan fingerprint density at radius 2 is 2.04 bits per heavy atom. The first kappa shape index (κ1) is 17.3. The molecule has 138 valence electrons. The molecule has 1 amide bonds. The highest BCUT2D eigenvalue weighted by Crippen LogP contribution is 2.27. The number of likely N-dealkylation sites (tertiary alicyclic amines) is 1. The Bertz CT molecular complexity index is 977. The molecule has 3 heterocycles. The number of carbonyl (C=O) groups excluding carboxylic acids is 1. The summed E-state index contributed by atoms with van der Waals surface area (Å²) in [4.78, 5) is 33.7. The highest BCUT2D eigenvalue weighted by atomic mass is 16.2. The highest BCUT2D eigenvalue weighted by Gasteiger charge is 2.28. The number of nitrogens with one attached hydrogen (secondary N) is 1. The third-order valence-corrected chi connectivity index (χ3v) is 5.07. The minimum absolute atomic E-state index is 0.171. The fourth-order valence-electron chi connectivity index (χ4n) is 3.73. The molecule has 0 spiro atoms. The van der Waals surface area contributed by atoms with Crippen LogP contribution in [0.5, 0.6) is 0 Å². The molecule has 1 fully saturated rings. The van der Waals surface area contributed by atoms with E-state index in [1.165, 1.54) is 5.56 Å². The van der Waals surface area contributed by atoms with Gasteiger partial charge in [0.2, 0.25) is 0 Å². The van der Waals surface area contributed by atoms with Gasteiger partial charge >= 0.3 is 0 Å². The molecule has 1 atom stereocenters. The Morgan fingerprint density at radius 1 is 1.19 bits per heavy atom. The van der Waals surface area contributed by atoms with Gasteiger partial charge in [-0.25, -0.2) is 4.98 Å². The lowest BCUT2D eigenvalue weighted by Gasteiger charge is -2.32. The number of H-pyrrole nitrogens is 1. The molecule has 1 saturated heterocycles. The molecule has 6 nitrogen and oxygen atoms in total. The average Bonchev–Trinajstić information content (AvgIpc) is 3.17. The van der Waals surface area contributed by atoms with E-state index in [0.29, 0.717) is 13.1 Å². The number of nitrogens with zero attached hydrogens (tertiary/aromatic N) is 3. The van der Waals surface area contributed by atoms with Gasteiger partial charge in [-0.05, 0) is 30.5 Å². The molecule has 3 aromatic rings. The largest absolute Gasteiger partial charge is 0.338 e. The van der Waals surface area contributed by atoms with Gasteiger partial charge in [-0.1, -0.05) is 30.3 Å². The summed E-state index contributed by atoms with van der Waals surface area (Å²) in [5.74, 6) is 0.963. The molecule has 1 aliphatic rings. The molecule has 4 rings (SSSR count). The van der Waals surface area contributed by atoms with Gasteiger partial charge < -0.3 is 14.5 Å². The van der Waals surface area contributed by atoms with E-state index in [1.807, 2.05) is 30.6 Å². The average molecular weight is 362 g/mol. The van der Waals surface area contributed by atoms with Crippen molar-refractivity contribution in [3.05, 3.63) is 88.4 Å². The summed E-state index contributed by atoms with van der Waals surface area (Å²) in [6.07, 6.45) is 7.24. The minimum atomic E-state index is -0.338. The third-order valence-electron chi connectivity index (χ3n) is 5.07. The molecule has 0 aliphatic carbocycles. The van der Waals surface area contributed by atoms with Gasteiger partial charge in [-0.2, -0.15) is 0 Å². The highest BCUT2D eigenvalue weighted by molar-refractivity contribution is 5.93. The maximum absolute atomic E-state index is 12.8. The summed E-state index contributed by atoms with van der Waals surface area (Å²) in [7, 11) is 0. The van der Waals surface area contributed by atoms with Crippen molar-refractivity contribution < 1.29 is 4.79 Å². The summed E-state index contributed by atoms with van der Waals surface area (Å²) in [6, 6.07) is 13.5. The number of aromatic amines is 1. The second-order valence-corrected chi connectivity index (χ2v) is 6.90. The summed E-state index contributed by atoms with van der Waals surface area (Å²) < 4.78 is 2.16. The van der Waals surface area contributed by atoms with E-state index in [4.69, 9.17) is 0 Å². The zero-order chi connectivity index (χ0) is 18.6. The Kier molecular flexibility index (Phi) is 4.87. The van der Waals surface area contributed by atoms with E-state index in [1.54, 1.807) is 23.2 Å². The van der Waals surface area contributed by atoms with Gasteiger partial charge in [0.25, 0.3) is 11.5 Å². The van der Waals surface area contributed by atoms with Crippen LogP contribution in [-0.4, -0.2) is 38.4 Å². The molecule has 0 unspecified atom stereocenters. The standard InChI is InChI=1S/C21H22N4O2/c26-20-18(9-4-10-23-20)21(27)25-12-5-8-17(15-25)19-22-11-13-24(19)14-16-6-2-1-3-7-16/h1-4,6-7,9-11,13,17H,5,8,12,14-15H2,(H,23,26)/t17-/m0/s1. The van der Waals surface area contributed by atoms with Crippen LogP contribution in [0.3, 0.4) is 0 Å². The summed E-state index contributed by atoms with van der Waals surface area (Å²) >= 11 is 0. The number of pyridine rings is 1. The van der Waals surface area contributed by atoms with Crippen LogP contribution in [0.15, 0.2) is 65.8 Å². The van der Waals surface area contributed by atoms with Crippen LogP contribution in [0.4, 0.5) is 0 Å². The van der Waals surface area contributed by atoms with Crippen molar-refractivity contribution in [3.63, 3.8) is 0 Å². The van der Waals surface area contributed by atoms with Crippen molar-refractivity contribution in [3.8, 4) is 0 Å². The lowest BCUT2D eigenvalue weighted by Crippen LogP contribution is -2.41. The molecule has 27 heavy (non-hydrogen) atoms. The number of amides is 1. The predicted octanol–water partition coefficient (Wildman–Crippen LogP) is 2.64. The minimum Gasteiger partial charge on any atom is -0.338 e. The topological polar surface area (TPSA) is 71.0 Å². The van der Waals surface area contributed by atoms with E-state index < -0.39 is 0 Å². The Hall–Kier alpha value is -3.15. The Labute approximate surface area is 157 Å². The van der Waals surface area contributed by atoms with Gasteiger partial charge in [0.15, 0.2) is 0 Å². The Balaban J connectivity index is 1.52. The van der Waals surface area contributed by atoms with Crippen molar-refractivity contribution in [2.24, 2.45) is 0 Å². The molecule has 0 bridgehead atoms. The van der Waals surface area contributed by atoms with E-state index >= 15 is 0 Å². The van der Waals surface area contributed by atoms with Crippen LogP contribution in [0, 0.1) is 0 Å². The molecular formula is C21H22N4O2. The molecule has 1 N–H and O–H groups in total. The molecule has 0 radical (unpaired) electrons. The van der Waals surface area contributed by atoms with Crippen LogP contribution in [-0.2, 0) is 6.54 Å². The van der Waals surface area contributed by atoms with Crippen LogP contribution in [0.2, 0.25) is 0 Å². The van der Waals surface area contributed by atoms with Crippen molar-refractivity contribution in [1.29, 1.82) is 0 Å². The monoisotopic (exact) mass is 362 g/mol. The number of hydrogen-bond acceptors (Lipinski definition) is 3. The van der Waals surface area contributed by atoms with Crippen LogP contribution < -0.4 is 5.56 Å². The van der Waals surface area contributed by atoms with Crippen LogP contribution in [0.1, 0.15) is 40.5 Å². The maximum Gasteiger partial charge on any atom is 0.260 e. The molecule has 1 aromatic carbocycles. The summed E-state index contributed by atoms with van der Waals surface area (Å²) in [6.45, 7) is 2.01. The fraction of sp³-hybridized carbons (Fsp3) is 0.286. The number of piperidine rings is 1. The van der Waals surface area contributed by atoms with E-state index in [9.17, 15) is 9.59 Å². The van der Waals surface area contributed by atoms with E-state index in [0.717, 1.165) is 25.2 Å². The number of carbonyl (C=O) groups is 1. The lowest BCUT2D eigenvalue weighted by molar-refractivity contribution is 0.0701. The molecule has 6 heteroatoms. The maximum atomic E-state index is 12.8. The number of aromatic nitrogens is 3. The summed E-state index contributed by atoms with van der Waals surface area (Å²) in [5.41, 5.74) is 1.08. The zero-order valence-corrected chi connectivity index (χ0v) is 15.0. The number of hydrogen-bond donors (Lipinski definition) is 1. The van der Waals surface area contributed by atoms with Crippen molar-refractivity contribution in [1.82, 2.24) is 19.4 Å². The third kappa shape index (κ3) is 3.69. The van der Waals surface area contributed by atoms with Crippen LogP contribution >= 0.6 is 0 Å². The van der Waals surface area contributed by atoms with E-state index in [2.05, 4.69) is 26.7 Å². The SMILES string of the molecule is O=C(c1ccc[nH]c1=O)N1CCC[C@H](c2nccn2Cc2ccccc2)C1. The first-order chi connectivity index (χ1) is 13.2. The zero-order valence-electron chi connectivity index (χ0n) is 15.0. The Morgan fingerprint density at radius 3 is 2.85 bits per heavy atom. The van der Waals surface area contributed by atoms with Crippen molar-refractivity contribution >= 4 is 5.91 Å². The normalized spacial score (nSPS) is 17.0. The predicted molar refractivity (Wildman–Crippen MR) is 103 cm³/mol. The quantitative estimate of drug-likeness (QED) is 0.776. The second-order valence-electron chi connectivity index (χ2n) is 6.90. The van der Waals surface area contributed by atoms with Gasteiger partial charge in [0.1, 0.15) is 11.4 Å². The van der Waals surface area contributed by atoms with Gasteiger partial charge in [-0.3, -0.25) is 9.59 Å². The molecule has 0 saturated carbocycles. The molecular weight excluding hydrogens is 340 g/mol. The number of benzene rings is 1. The summed E-state index contributed by atoms with van der Waals surface area (Å²) in [5, 5.41) is 0. The lowest BCUT2D eigenvalue weighted by atomic mass is 9.96. The van der Waals surface area contributed by atoms with Crippen molar-refractivity contribution in [2.75, 3.05) is 13.1 Å². The second kappa shape index (κ2) is 7.61. The number of rotatable bonds is 4. The first-order valence-corrected chi connectivity index (χ1v) is 9.24. The van der Waals surface area contributed by atoms with Crippen LogP contribution in [0.25, 0.3) is 0 Å². The van der Waals surface area contributed by atoms with E-state index in [-0.39, 0.29) is 22.9 Å². The van der Waals surface area contributed by atoms with Gasteiger partial charge in [0.05, 0.1) is 0 Å². The fourth-order valence-corrected chi connectivity index (χ4v) is 3.73. The smallest absolute Gasteiger partial charge is 0.260 e. The first-order valence-electron chi connectivity index (χ1n) is 9.24.